The zero-order valence-corrected chi connectivity index (χ0v) is 17.2. The highest BCUT2D eigenvalue weighted by molar-refractivity contribution is 7.15. The number of aryl methyl sites for hydroxylation is 1. The molecule has 0 unspecified atom stereocenters. The largest absolute Gasteiger partial charge is 0.423 e. The molecule has 0 aliphatic carbocycles. The normalized spacial score (nSPS) is 11.1. The Kier molecular flexibility index (Phi) is 7.15. The molecule has 0 spiro atoms. The van der Waals surface area contributed by atoms with Crippen LogP contribution in [0.4, 0.5) is 0 Å². The quantitative estimate of drug-likeness (QED) is 0.244. The molecule has 0 saturated carbocycles. The van der Waals surface area contributed by atoms with Gasteiger partial charge < -0.3 is 4.74 Å². The summed E-state index contributed by atoms with van der Waals surface area (Å²) in [6.07, 6.45) is 9.42. The number of ether oxygens (including phenoxy) is 1. The molecule has 144 valence electrons. The Morgan fingerprint density at radius 2 is 1.61 bits per heavy atom. The third-order valence-electron chi connectivity index (χ3n) is 4.30. The second-order valence-corrected chi connectivity index (χ2v) is 7.71. The first-order valence-electron chi connectivity index (χ1n) is 9.73. The van der Waals surface area contributed by atoms with E-state index in [1.165, 1.54) is 11.0 Å². The van der Waals surface area contributed by atoms with E-state index in [4.69, 9.17) is 4.74 Å². The lowest BCUT2D eigenvalue weighted by molar-refractivity contribution is -0.129. The maximum absolute atomic E-state index is 11.7. The molecule has 0 aliphatic rings. The van der Waals surface area contributed by atoms with E-state index < -0.39 is 0 Å². The van der Waals surface area contributed by atoms with Gasteiger partial charge in [-0.3, -0.25) is 0 Å². The Morgan fingerprint density at radius 1 is 0.964 bits per heavy atom. The fraction of sp³-hybridized carbons (Fsp3) is 0.250. The number of rotatable bonds is 8. The molecule has 3 rings (SSSR count). The van der Waals surface area contributed by atoms with Crippen molar-refractivity contribution in [3.63, 3.8) is 0 Å². The van der Waals surface area contributed by atoms with Crippen LogP contribution in [0, 0.1) is 0 Å². The molecule has 2 aromatic carbocycles. The predicted molar refractivity (Wildman–Crippen MR) is 117 cm³/mol. The molecule has 1 heterocycles. The van der Waals surface area contributed by atoms with Crippen LogP contribution in [0.5, 0.6) is 5.75 Å². The number of carbonyl (C=O) groups excluding carboxylic acids is 1. The molecule has 0 fully saturated rings. The molecule has 3 nitrogen and oxygen atoms in total. The van der Waals surface area contributed by atoms with E-state index in [0.717, 1.165) is 47.4 Å². The molecule has 0 N–H and O–H groups in total. The van der Waals surface area contributed by atoms with E-state index in [2.05, 4.69) is 43.1 Å². The average molecular weight is 392 g/mol. The number of unbranched alkanes of at least 4 members (excludes halogenated alkanes) is 1. The van der Waals surface area contributed by atoms with Gasteiger partial charge in [-0.15, -0.1) is 11.3 Å². The van der Waals surface area contributed by atoms with Gasteiger partial charge in [0.2, 0.25) is 0 Å². The lowest BCUT2D eigenvalue weighted by Gasteiger charge is -2.05. The Bertz CT molecular complexity index is 924. The molecule has 0 radical (unpaired) electrons. The summed E-state index contributed by atoms with van der Waals surface area (Å²) in [6, 6.07) is 16.0. The second kappa shape index (κ2) is 10.00. The van der Waals surface area contributed by atoms with Crippen molar-refractivity contribution in [1.29, 1.82) is 0 Å². The number of hydrogen-bond donors (Lipinski definition) is 0. The van der Waals surface area contributed by atoms with E-state index in [9.17, 15) is 4.79 Å². The molecule has 0 aliphatic heterocycles. The number of hydrogen-bond acceptors (Lipinski definition) is 4. The summed E-state index contributed by atoms with van der Waals surface area (Å²) >= 11 is 1.76. The van der Waals surface area contributed by atoms with Crippen molar-refractivity contribution in [3.05, 3.63) is 71.8 Å². The summed E-state index contributed by atoms with van der Waals surface area (Å²) in [5.41, 5.74) is 3.34. The third-order valence-corrected chi connectivity index (χ3v) is 5.40. The highest BCUT2D eigenvalue weighted by Gasteiger charge is 2.06. The first-order valence-corrected chi connectivity index (χ1v) is 10.5. The smallest absolute Gasteiger partial charge is 0.335 e. The van der Waals surface area contributed by atoms with Crippen LogP contribution in [-0.4, -0.2) is 11.0 Å². The van der Waals surface area contributed by atoms with Gasteiger partial charge in [0, 0.05) is 22.7 Å². The number of nitrogens with zero attached hydrogens (tertiary/aromatic N) is 1. The summed E-state index contributed by atoms with van der Waals surface area (Å²) < 4.78 is 5.32. The number of aromatic nitrogens is 1. The number of allylic oxidation sites excluding steroid dienone is 1. The standard InChI is InChI=1S/C24H25NO2S/c1-3-5-6-8-23(26)27-21-15-13-19(14-16-21)18-9-11-20(12-10-18)24-25-17-22(28-24)7-4-2/h6,8-17H,3-5,7H2,1-2H3. The fourth-order valence-corrected chi connectivity index (χ4v) is 3.84. The maximum Gasteiger partial charge on any atom is 0.335 e. The van der Waals surface area contributed by atoms with Crippen molar-refractivity contribution in [3.8, 4) is 27.4 Å². The van der Waals surface area contributed by atoms with Crippen molar-refractivity contribution in [2.45, 2.75) is 39.5 Å². The monoisotopic (exact) mass is 391 g/mol. The van der Waals surface area contributed by atoms with Crippen LogP contribution in [0.3, 0.4) is 0 Å². The van der Waals surface area contributed by atoms with Crippen molar-refractivity contribution in [2.75, 3.05) is 0 Å². The van der Waals surface area contributed by atoms with Crippen LogP contribution < -0.4 is 4.74 Å². The van der Waals surface area contributed by atoms with Gasteiger partial charge in [-0.05, 0) is 36.1 Å². The van der Waals surface area contributed by atoms with Crippen LogP contribution in [0.15, 0.2) is 66.9 Å². The first kappa shape index (κ1) is 20.0. The molecule has 0 amide bonds. The predicted octanol–water partition coefficient (Wildman–Crippen LogP) is 6.69. The Balaban J connectivity index is 1.65. The number of carbonyl (C=O) groups is 1. The van der Waals surface area contributed by atoms with Crippen molar-refractivity contribution in [2.24, 2.45) is 0 Å². The number of thiazole rings is 1. The highest BCUT2D eigenvalue weighted by Crippen LogP contribution is 2.29. The molecular weight excluding hydrogens is 366 g/mol. The summed E-state index contributed by atoms with van der Waals surface area (Å²) in [5.74, 6) is 0.217. The van der Waals surface area contributed by atoms with Gasteiger partial charge in [-0.1, -0.05) is 69.2 Å². The van der Waals surface area contributed by atoms with Gasteiger partial charge in [-0.2, -0.15) is 0 Å². The van der Waals surface area contributed by atoms with Gasteiger partial charge in [0.1, 0.15) is 10.8 Å². The summed E-state index contributed by atoms with van der Waals surface area (Å²) in [5, 5.41) is 1.06. The van der Waals surface area contributed by atoms with E-state index in [-0.39, 0.29) is 5.97 Å². The lowest BCUT2D eigenvalue weighted by Crippen LogP contribution is -2.03. The van der Waals surface area contributed by atoms with E-state index in [1.54, 1.807) is 11.3 Å². The van der Waals surface area contributed by atoms with Crippen LogP contribution in [0.2, 0.25) is 0 Å². The second-order valence-electron chi connectivity index (χ2n) is 6.60. The van der Waals surface area contributed by atoms with E-state index >= 15 is 0 Å². The minimum absolute atomic E-state index is 0.337. The Labute approximate surface area is 170 Å². The van der Waals surface area contributed by atoms with Crippen LogP contribution in [-0.2, 0) is 11.2 Å². The lowest BCUT2D eigenvalue weighted by atomic mass is 10.0. The van der Waals surface area contributed by atoms with Gasteiger partial charge in [0.25, 0.3) is 0 Å². The van der Waals surface area contributed by atoms with Gasteiger partial charge >= 0.3 is 5.97 Å². The summed E-state index contributed by atoms with van der Waals surface area (Å²) in [6.45, 7) is 4.26. The van der Waals surface area contributed by atoms with Gasteiger partial charge in [0.05, 0.1) is 0 Å². The summed E-state index contributed by atoms with van der Waals surface area (Å²) in [4.78, 5) is 17.6. The zero-order valence-electron chi connectivity index (χ0n) is 16.4. The fourth-order valence-electron chi connectivity index (χ4n) is 2.82. The van der Waals surface area contributed by atoms with Crippen LogP contribution in [0.25, 0.3) is 21.7 Å². The van der Waals surface area contributed by atoms with E-state index in [1.807, 2.05) is 36.5 Å². The van der Waals surface area contributed by atoms with Crippen LogP contribution in [0.1, 0.15) is 38.0 Å². The Hall–Kier alpha value is -2.72. The molecule has 3 aromatic rings. The average Bonchev–Trinajstić information content (AvgIpc) is 3.18. The molecule has 0 atom stereocenters. The topological polar surface area (TPSA) is 39.2 Å². The van der Waals surface area contributed by atoms with Crippen molar-refractivity contribution >= 4 is 17.3 Å². The number of benzene rings is 2. The minimum atomic E-state index is -0.337. The SMILES string of the molecule is CCCC=CC(=O)Oc1ccc(-c2ccc(-c3ncc(CCC)s3)cc2)cc1. The third kappa shape index (κ3) is 5.40. The van der Waals surface area contributed by atoms with Gasteiger partial charge in [-0.25, -0.2) is 9.78 Å². The molecular formula is C24H25NO2S. The maximum atomic E-state index is 11.7. The molecule has 28 heavy (non-hydrogen) atoms. The first-order chi connectivity index (χ1) is 13.7. The molecule has 0 saturated heterocycles. The Morgan fingerprint density at radius 3 is 2.25 bits per heavy atom. The highest BCUT2D eigenvalue weighted by atomic mass is 32.1. The minimum Gasteiger partial charge on any atom is -0.423 e. The van der Waals surface area contributed by atoms with Crippen molar-refractivity contribution in [1.82, 2.24) is 4.98 Å². The number of esters is 1. The molecule has 0 bridgehead atoms. The van der Waals surface area contributed by atoms with Crippen LogP contribution >= 0.6 is 11.3 Å². The van der Waals surface area contributed by atoms with Crippen molar-refractivity contribution < 1.29 is 9.53 Å². The molecule has 1 aromatic heterocycles. The summed E-state index contributed by atoms with van der Waals surface area (Å²) in [7, 11) is 0. The zero-order chi connectivity index (χ0) is 19.8. The van der Waals surface area contributed by atoms with Gasteiger partial charge in [0.15, 0.2) is 0 Å². The molecule has 4 heteroatoms. The van der Waals surface area contributed by atoms with E-state index in [0.29, 0.717) is 5.75 Å².